The van der Waals surface area contributed by atoms with Gasteiger partial charge in [0.15, 0.2) is 0 Å². The number of carbonyl (C=O) groups excluding carboxylic acids is 1. The van der Waals surface area contributed by atoms with Crippen LogP contribution in [0.25, 0.3) is 0 Å². The lowest BCUT2D eigenvalue weighted by Gasteiger charge is -2.11. The summed E-state index contributed by atoms with van der Waals surface area (Å²) in [5.41, 5.74) is 7.49. The number of urea groups is 1. The van der Waals surface area contributed by atoms with Crippen LogP contribution in [-0.4, -0.2) is 11.9 Å². The van der Waals surface area contributed by atoms with Crippen molar-refractivity contribution >= 4 is 23.2 Å². The Morgan fingerprint density at radius 2 is 1.81 bits per heavy atom. The molecule has 2 rings (SSSR count). The zero-order valence-electron chi connectivity index (χ0n) is 11.4. The molecule has 0 aliphatic carbocycles. The molecule has 108 valence electrons. The molecule has 2 aromatic carbocycles. The molecular weight excluding hydrogens is 271 g/mol. The fourth-order valence-corrected chi connectivity index (χ4v) is 1.77. The van der Waals surface area contributed by atoms with E-state index >= 15 is 0 Å². The summed E-state index contributed by atoms with van der Waals surface area (Å²) < 4.78 is 13.1. The topological polar surface area (TPSA) is 91.0 Å². The molecule has 0 unspecified atom stereocenters. The Labute approximate surface area is 121 Å². The van der Waals surface area contributed by atoms with Gasteiger partial charge in [0.05, 0.1) is 5.69 Å². The van der Waals surface area contributed by atoms with Crippen LogP contribution < -0.4 is 16.4 Å². The maximum atomic E-state index is 13.1. The van der Waals surface area contributed by atoms with Crippen molar-refractivity contribution in [1.29, 1.82) is 5.41 Å². The molecule has 0 spiro atoms. The van der Waals surface area contributed by atoms with Crippen LogP contribution >= 0.6 is 0 Å². The van der Waals surface area contributed by atoms with Gasteiger partial charge in [-0.25, -0.2) is 9.18 Å². The van der Waals surface area contributed by atoms with Crippen LogP contribution in [0.1, 0.15) is 11.1 Å². The average Bonchev–Trinajstić information content (AvgIpc) is 2.43. The van der Waals surface area contributed by atoms with Gasteiger partial charge in [-0.15, -0.1) is 0 Å². The van der Waals surface area contributed by atoms with Crippen molar-refractivity contribution in [2.75, 3.05) is 10.6 Å². The monoisotopic (exact) mass is 286 g/mol. The molecule has 6 heteroatoms. The van der Waals surface area contributed by atoms with Crippen molar-refractivity contribution in [3.05, 3.63) is 59.4 Å². The first-order valence-corrected chi connectivity index (χ1v) is 6.24. The van der Waals surface area contributed by atoms with Crippen LogP contribution in [-0.2, 0) is 0 Å². The Morgan fingerprint density at radius 1 is 1.14 bits per heavy atom. The molecule has 0 atom stereocenters. The van der Waals surface area contributed by atoms with E-state index < -0.39 is 11.8 Å². The molecular formula is C15H15FN4O. The number of hydrogen-bond acceptors (Lipinski definition) is 2. The zero-order valence-corrected chi connectivity index (χ0v) is 11.4. The van der Waals surface area contributed by atoms with Crippen LogP contribution in [0.4, 0.5) is 20.6 Å². The molecule has 2 aromatic rings. The third kappa shape index (κ3) is 3.79. The zero-order chi connectivity index (χ0) is 15.4. The van der Waals surface area contributed by atoms with Gasteiger partial charge in [-0.1, -0.05) is 17.7 Å². The highest BCUT2D eigenvalue weighted by Gasteiger charge is 2.10. The highest BCUT2D eigenvalue weighted by atomic mass is 19.1. The number of rotatable bonds is 3. The van der Waals surface area contributed by atoms with Crippen molar-refractivity contribution in [3.8, 4) is 0 Å². The SMILES string of the molecule is Cc1ccc(NC(=O)Nc2ccc(F)cc2C(=N)N)cc1. The second-order valence-electron chi connectivity index (χ2n) is 4.55. The van der Waals surface area contributed by atoms with Crippen molar-refractivity contribution in [3.63, 3.8) is 0 Å². The minimum absolute atomic E-state index is 0.133. The molecule has 0 bridgehead atoms. The fraction of sp³-hybridized carbons (Fsp3) is 0.0667. The van der Waals surface area contributed by atoms with E-state index in [-0.39, 0.29) is 17.1 Å². The number of nitrogens with two attached hydrogens (primary N) is 1. The second kappa shape index (κ2) is 6.04. The van der Waals surface area contributed by atoms with Crippen LogP contribution in [0.5, 0.6) is 0 Å². The van der Waals surface area contributed by atoms with E-state index in [1.807, 2.05) is 19.1 Å². The molecule has 21 heavy (non-hydrogen) atoms. The van der Waals surface area contributed by atoms with Crippen LogP contribution in [0.3, 0.4) is 0 Å². The average molecular weight is 286 g/mol. The first-order valence-electron chi connectivity index (χ1n) is 6.24. The predicted molar refractivity (Wildman–Crippen MR) is 81.2 cm³/mol. The molecule has 5 N–H and O–H groups in total. The lowest BCUT2D eigenvalue weighted by atomic mass is 10.1. The Hall–Kier alpha value is -2.89. The maximum absolute atomic E-state index is 13.1. The van der Waals surface area contributed by atoms with Crippen molar-refractivity contribution in [1.82, 2.24) is 0 Å². The summed E-state index contributed by atoms with van der Waals surface area (Å²) in [6.45, 7) is 1.95. The first-order chi connectivity index (χ1) is 9.95. The van der Waals surface area contributed by atoms with E-state index in [0.717, 1.165) is 11.6 Å². The van der Waals surface area contributed by atoms with Crippen LogP contribution in [0, 0.1) is 18.2 Å². The number of amides is 2. The summed E-state index contributed by atoms with van der Waals surface area (Å²) in [6.07, 6.45) is 0. The molecule has 0 heterocycles. The molecule has 2 amide bonds. The molecule has 0 saturated heterocycles. The molecule has 0 aromatic heterocycles. The summed E-state index contributed by atoms with van der Waals surface area (Å²) in [5, 5.41) is 12.6. The third-order valence-electron chi connectivity index (χ3n) is 2.83. The number of amidine groups is 1. The van der Waals surface area contributed by atoms with Gasteiger partial charge in [0.1, 0.15) is 11.7 Å². The lowest BCUT2D eigenvalue weighted by molar-refractivity contribution is 0.262. The van der Waals surface area contributed by atoms with E-state index in [2.05, 4.69) is 10.6 Å². The van der Waals surface area contributed by atoms with Gasteiger partial charge < -0.3 is 16.4 Å². The van der Waals surface area contributed by atoms with Gasteiger partial charge >= 0.3 is 6.03 Å². The van der Waals surface area contributed by atoms with Gasteiger partial charge in [0.25, 0.3) is 0 Å². The molecule has 5 nitrogen and oxygen atoms in total. The van der Waals surface area contributed by atoms with E-state index in [0.29, 0.717) is 5.69 Å². The van der Waals surface area contributed by atoms with Gasteiger partial charge in [0.2, 0.25) is 0 Å². The highest BCUT2D eigenvalue weighted by molar-refractivity contribution is 6.06. The normalized spacial score (nSPS) is 10.0. The fourth-order valence-electron chi connectivity index (χ4n) is 1.77. The van der Waals surface area contributed by atoms with Crippen molar-refractivity contribution < 1.29 is 9.18 Å². The van der Waals surface area contributed by atoms with Crippen LogP contribution in [0.15, 0.2) is 42.5 Å². The number of nitrogens with one attached hydrogen (secondary N) is 3. The first kappa shape index (κ1) is 14.5. The predicted octanol–water partition coefficient (Wildman–Crippen LogP) is 3.06. The second-order valence-corrected chi connectivity index (χ2v) is 4.55. The molecule has 0 radical (unpaired) electrons. The van der Waals surface area contributed by atoms with Crippen molar-refractivity contribution in [2.45, 2.75) is 6.92 Å². The lowest BCUT2D eigenvalue weighted by Crippen LogP contribution is -2.22. The van der Waals surface area contributed by atoms with E-state index in [9.17, 15) is 9.18 Å². The molecule has 0 fully saturated rings. The number of halogens is 1. The summed E-state index contributed by atoms with van der Waals surface area (Å²) in [5.74, 6) is -0.843. The largest absolute Gasteiger partial charge is 0.384 e. The number of nitrogen functional groups attached to an aromatic ring is 1. The van der Waals surface area contributed by atoms with Gasteiger partial charge in [-0.05, 0) is 37.3 Å². The summed E-state index contributed by atoms with van der Waals surface area (Å²) in [6, 6.07) is 10.4. The summed E-state index contributed by atoms with van der Waals surface area (Å²) in [4.78, 5) is 11.9. The number of hydrogen-bond donors (Lipinski definition) is 4. The standard InChI is InChI=1S/C15H15FN4O/c1-9-2-5-11(6-3-9)19-15(21)20-13-7-4-10(16)8-12(13)14(17)18/h2-8H,1H3,(H3,17,18)(H2,19,20,21). The Kier molecular flexibility index (Phi) is 4.18. The molecule has 0 aliphatic rings. The minimum Gasteiger partial charge on any atom is -0.384 e. The van der Waals surface area contributed by atoms with E-state index in [4.69, 9.17) is 11.1 Å². The summed E-state index contributed by atoms with van der Waals surface area (Å²) in [7, 11) is 0. The summed E-state index contributed by atoms with van der Waals surface area (Å²) >= 11 is 0. The molecule has 0 aliphatic heterocycles. The molecule has 0 saturated carbocycles. The number of carbonyl (C=O) groups is 1. The van der Waals surface area contributed by atoms with E-state index in [1.54, 1.807) is 12.1 Å². The Balaban J connectivity index is 2.12. The van der Waals surface area contributed by atoms with Gasteiger partial charge in [0, 0.05) is 11.3 Å². The Morgan fingerprint density at radius 3 is 2.43 bits per heavy atom. The maximum Gasteiger partial charge on any atom is 0.323 e. The van der Waals surface area contributed by atoms with Gasteiger partial charge in [-0.2, -0.15) is 0 Å². The quantitative estimate of drug-likeness (QED) is 0.516. The Bertz CT molecular complexity index is 683. The number of benzene rings is 2. The smallest absolute Gasteiger partial charge is 0.323 e. The minimum atomic E-state index is -0.523. The van der Waals surface area contributed by atoms with E-state index in [1.165, 1.54) is 12.1 Å². The van der Waals surface area contributed by atoms with Crippen molar-refractivity contribution in [2.24, 2.45) is 5.73 Å². The number of anilines is 2. The number of aryl methyl sites for hydroxylation is 1. The van der Waals surface area contributed by atoms with Crippen LogP contribution in [0.2, 0.25) is 0 Å². The highest BCUT2D eigenvalue weighted by Crippen LogP contribution is 2.17. The van der Waals surface area contributed by atoms with Gasteiger partial charge in [-0.3, -0.25) is 5.41 Å². The third-order valence-corrected chi connectivity index (χ3v) is 2.83.